The van der Waals surface area contributed by atoms with E-state index in [1.54, 1.807) is 0 Å². The van der Waals surface area contributed by atoms with E-state index in [0.29, 0.717) is 24.6 Å². The summed E-state index contributed by atoms with van der Waals surface area (Å²) in [5.74, 6) is 1.93. The van der Waals surface area contributed by atoms with Gasteiger partial charge >= 0.3 is 0 Å². The van der Waals surface area contributed by atoms with Crippen molar-refractivity contribution in [2.45, 2.75) is 45.6 Å². The van der Waals surface area contributed by atoms with Gasteiger partial charge in [-0.15, -0.1) is 0 Å². The summed E-state index contributed by atoms with van der Waals surface area (Å²) in [4.78, 5) is 17.2. The number of hydrogen-bond donors (Lipinski definition) is 1. The Morgan fingerprint density at radius 1 is 1.00 bits per heavy atom. The summed E-state index contributed by atoms with van der Waals surface area (Å²) in [6.07, 6.45) is 3.82. The van der Waals surface area contributed by atoms with Crippen LogP contribution in [0, 0.1) is 0 Å². The van der Waals surface area contributed by atoms with Gasteiger partial charge in [0, 0.05) is 24.5 Å². The highest BCUT2D eigenvalue weighted by atomic mass is 35.5. The van der Waals surface area contributed by atoms with Crippen molar-refractivity contribution in [1.29, 1.82) is 0 Å². The standard InChI is InChI=1S/C29H32ClN3O2/c1-2-22-14-16-24(17-15-22)35-20-8-19-33-27-12-6-5-11-26(27)32-28(33)13-7-18-31-29(34)21-23-9-3-4-10-25(23)30/h3-6,9-12,14-17H,2,7-8,13,18-21H2,1H3,(H,31,34). The van der Waals surface area contributed by atoms with Crippen LogP contribution in [-0.2, 0) is 30.6 Å². The lowest BCUT2D eigenvalue weighted by atomic mass is 10.1. The number of aryl methyl sites for hydroxylation is 3. The van der Waals surface area contributed by atoms with E-state index in [0.717, 1.165) is 60.4 Å². The Labute approximate surface area is 212 Å². The maximum atomic E-state index is 12.3. The summed E-state index contributed by atoms with van der Waals surface area (Å²) in [7, 11) is 0. The highest BCUT2D eigenvalue weighted by Gasteiger charge is 2.11. The van der Waals surface area contributed by atoms with Crippen LogP contribution in [0.5, 0.6) is 5.75 Å². The second-order valence-electron chi connectivity index (χ2n) is 8.59. The zero-order valence-corrected chi connectivity index (χ0v) is 20.9. The molecule has 5 nitrogen and oxygen atoms in total. The third-order valence-corrected chi connectivity index (χ3v) is 6.44. The fraction of sp³-hybridized carbons (Fsp3) is 0.310. The van der Waals surface area contributed by atoms with Gasteiger partial charge in [0.25, 0.3) is 0 Å². The molecule has 4 rings (SSSR count). The average molecular weight is 490 g/mol. The van der Waals surface area contributed by atoms with Crippen molar-refractivity contribution in [1.82, 2.24) is 14.9 Å². The van der Waals surface area contributed by atoms with Gasteiger partial charge < -0.3 is 14.6 Å². The number of imidazole rings is 1. The van der Waals surface area contributed by atoms with Crippen molar-refractivity contribution in [3.8, 4) is 5.75 Å². The Morgan fingerprint density at radius 2 is 1.77 bits per heavy atom. The predicted molar refractivity (Wildman–Crippen MR) is 142 cm³/mol. The van der Waals surface area contributed by atoms with Crippen molar-refractivity contribution in [3.63, 3.8) is 0 Å². The van der Waals surface area contributed by atoms with E-state index >= 15 is 0 Å². The summed E-state index contributed by atoms with van der Waals surface area (Å²) in [6, 6.07) is 24.0. The summed E-state index contributed by atoms with van der Waals surface area (Å²) in [5.41, 5.74) is 4.29. The van der Waals surface area contributed by atoms with Crippen molar-refractivity contribution in [2.24, 2.45) is 0 Å². The molecule has 4 aromatic rings. The molecule has 1 heterocycles. The van der Waals surface area contributed by atoms with Crippen LogP contribution in [0.1, 0.15) is 36.7 Å². The molecule has 35 heavy (non-hydrogen) atoms. The molecule has 182 valence electrons. The van der Waals surface area contributed by atoms with Gasteiger partial charge in [0.15, 0.2) is 0 Å². The minimum Gasteiger partial charge on any atom is -0.494 e. The lowest BCUT2D eigenvalue weighted by molar-refractivity contribution is -0.120. The third-order valence-electron chi connectivity index (χ3n) is 6.07. The molecule has 0 saturated carbocycles. The Hall–Kier alpha value is -3.31. The summed E-state index contributed by atoms with van der Waals surface area (Å²) < 4.78 is 8.23. The topological polar surface area (TPSA) is 56.1 Å². The number of benzene rings is 3. The van der Waals surface area contributed by atoms with Crippen molar-refractivity contribution in [2.75, 3.05) is 13.2 Å². The number of carbonyl (C=O) groups excluding carboxylic acids is 1. The molecule has 0 saturated heterocycles. The molecular formula is C29H32ClN3O2. The predicted octanol–water partition coefficient (Wildman–Crippen LogP) is 6.01. The first-order valence-electron chi connectivity index (χ1n) is 12.3. The fourth-order valence-electron chi connectivity index (χ4n) is 4.15. The van der Waals surface area contributed by atoms with Gasteiger partial charge in [-0.05, 0) is 60.7 Å². The Morgan fingerprint density at radius 3 is 2.57 bits per heavy atom. The quantitative estimate of drug-likeness (QED) is 0.248. The van der Waals surface area contributed by atoms with Gasteiger partial charge in [-0.3, -0.25) is 4.79 Å². The number of carbonyl (C=O) groups is 1. The van der Waals surface area contributed by atoms with E-state index in [9.17, 15) is 4.79 Å². The third kappa shape index (κ3) is 6.86. The molecule has 6 heteroatoms. The molecule has 1 N–H and O–H groups in total. The molecule has 0 unspecified atom stereocenters. The van der Waals surface area contributed by atoms with Crippen LogP contribution < -0.4 is 10.1 Å². The van der Waals surface area contributed by atoms with Gasteiger partial charge in [-0.25, -0.2) is 4.98 Å². The van der Waals surface area contributed by atoms with Crippen LogP contribution in [-0.4, -0.2) is 28.6 Å². The first-order chi connectivity index (χ1) is 17.1. The van der Waals surface area contributed by atoms with Gasteiger partial charge in [0.1, 0.15) is 11.6 Å². The first kappa shape index (κ1) is 24.8. The van der Waals surface area contributed by atoms with Crippen molar-refractivity contribution in [3.05, 3.63) is 94.8 Å². The molecule has 0 aliphatic heterocycles. The normalized spacial score (nSPS) is 11.0. The van der Waals surface area contributed by atoms with Gasteiger partial charge in [-0.1, -0.05) is 61.0 Å². The Kier molecular flexibility index (Phi) is 8.79. The number of halogens is 1. The van der Waals surface area contributed by atoms with Crippen molar-refractivity contribution < 1.29 is 9.53 Å². The highest BCUT2D eigenvalue weighted by Crippen LogP contribution is 2.19. The molecule has 0 spiro atoms. The minimum atomic E-state index is -0.0179. The number of nitrogens with zero attached hydrogens (tertiary/aromatic N) is 2. The molecule has 1 aromatic heterocycles. The van der Waals surface area contributed by atoms with Gasteiger partial charge in [0.05, 0.1) is 24.1 Å². The van der Waals surface area contributed by atoms with E-state index in [1.165, 1.54) is 5.56 Å². The van der Waals surface area contributed by atoms with E-state index in [4.69, 9.17) is 21.3 Å². The molecule has 0 radical (unpaired) electrons. The molecule has 0 atom stereocenters. The molecule has 0 fully saturated rings. The summed E-state index contributed by atoms with van der Waals surface area (Å²) in [5, 5.41) is 3.63. The van der Waals surface area contributed by atoms with Gasteiger partial charge in [-0.2, -0.15) is 0 Å². The van der Waals surface area contributed by atoms with Crippen LogP contribution in [0.2, 0.25) is 5.02 Å². The second kappa shape index (κ2) is 12.4. The zero-order chi connectivity index (χ0) is 24.5. The Bertz CT molecular complexity index is 1250. The molecule has 0 bridgehead atoms. The van der Waals surface area contributed by atoms with Crippen LogP contribution in [0.15, 0.2) is 72.8 Å². The molecule has 3 aromatic carbocycles. The smallest absolute Gasteiger partial charge is 0.224 e. The van der Waals surface area contributed by atoms with Crippen LogP contribution in [0.3, 0.4) is 0 Å². The summed E-state index contributed by atoms with van der Waals surface area (Å²) >= 11 is 6.16. The number of ether oxygens (including phenoxy) is 1. The first-order valence-corrected chi connectivity index (χ1v) is 12.7. The number of rotatable bonds is 12. The zero-order valence-electron chi connectivity index (χ0n) is 20.2. The van der Waals surface area contributed by atoms with Crippen LogP contribution >= 0.6 is 11.6 Å². The highest BCUT2D eigenvalue weighted by molar-refractivity contribution is 6.31. The maximum Gasteiger partial charge on any atom is 0.224 e. The largest absolute Gasteiger partial charge is 0.494 e. The molecule has 1 amide bonds. The number of fused-ring (bicyclic) bond motifs is 1. The van der Waals surface area contributed by atoms with Crippen LogP contribution in [0.25, 0.3) is 11.0 Å². The van der Waals surface area contributed by atoms with E-state index in [1.807, 2.05) is 54.6 Å². The molecule has 0 aliphatic rings. The van der Waals surface area contributed by atoms with E-state index < -0.39 is 0 Å². The second-order valence-corrected chi connectivity index (χ2v) is 9.00. The lowest BCUT2D eigenvalue weighted by Crippen LogP contribution is -2.26. The SMILES string of the molecule is CCc1ccc(OCCCn2c(CCCNC(=O)Cc3ccccc3Cl)nc3ccccc32)cc1. The fourth-order valence-corrected chi connectivity index (χ4v) is 4.35. The Balaban J connectivity index is 1.28. The number of para-hydroxylation sites is 2. The number of amides is 1. The number of hydrogen-bond acceptors (Lipinski definition) is 3. The van der Waals surface area contributed by atoms with E-state index in [-0.39, 0.29) is 5.91 Å². The number of aromatic nitrogens is 2. The van der Waals surface area contributed by atoms with Gasteiger partial charge in [0.2, 0.25) is 5.91 Å². The van der Waals surface area contributed by atoms with E-state index in [2.05, 4.69) is 35.0 Å². The van der Waals surface area contributed by atoms with Crippen LogP contribution in [0.4, 0.5) is 0 Å². The average Bonchev–Trinajstić information content (AvgIpc) is 3.23. The number of nitrogens with one attached hydrogen (secondary N) is 1. The molecular weight excluding hydrogens is 458 g/mol. The molecule has 0 aliphatic carbocycles. The van der Waals surface area contributed by atoms with Crippen molar-refractivity contribution >= 4 is 28.5 Å². The minimum absolute atomic E-state index is 0.0179. The monoisotopic (exact) mass is 489 g/mol. The lowest BCUT2D eigenvalue weighted by Gasteiger charge is -2.11. The summed E-state index contributed by atoms with van der Waals surface area (Å²) in [6.45, 7) is 4.23. The maximum absolute atomic E-state index is 12.3.